The van der Waals surface area contributed by atoms with Crippen LogP contribution in [-0.2, 0) is 0 Å². The van der Waals surface area contributed by atoms with Crippen molar-refractivity contribution in [3.8, 4) is 0 Å². The number of benzene rings is 1. The Balaban J connectivity index is 3.33. The number of aryl methyl sites for hydroxylation is 1. The van der Waals surface area contributed by atoms with E-state index in [1.54, 1.807) is 13.0 Å². The SMILES string of the molecule is Cc1ccc(Br)c(C(=O)C(F)F)c1Cl. The minimum atomic E-state index is -3.04. The van der Waals surface area contributed by atoms with E-state index in [1.165, 1.54) is 6.07 Å². The van der Waals surface area contributed by atoms with Gasteiger partial charge in [0, 0.05) is 4.47 Å². The number of alkyl halides is 2. The average molecular weight is 283 g/mol. The van der Waals surface area contributed by atoms with Gasteiger partial charge in [-0.05, 0) is 34.5 Å². The van der Waals surface area contributed by atoms with Crippen LogP contribution in [0.4, 0.5) is 8.78 Å². The topological polar surface area (TPSA) is 17.1 Å². The summed E-state index contributed by atoms with van der Waals surface area (Å²) in [5.41, 5.74) is 0.445. The predicted molar refractivity (Wildman–Crippen MR) is 54.2 cm³/mol. The molecule has 0 radical (unpaired) electrons. The van der Waals surface area contributed by atoms with Gasteiger partial charge in [-0.25, -0.2) is 8.78 Å². The summed E-state index contributed by atoms with van der Waals surface area (Å²) >= 11 is 8.76. The maximum Gasteiger partial charge on any atom is 0.300 e. The summed E-state index contributed by atoms with van der Waals surface area (Å²) in [5.74, 6) is -1.26. The lowest BCUT2D eigenvalue weighted by Crippen LogP contribution is -2.12. The third-order valence-electron chi connectivity index (χ3n) is 1.73. The summed E-state index contributed by atoms with van der Waals surface area (Å²) in [6.07, 6.45) is -3.04. The van der Waals surface area contributed by atoms with Crippen LogP contribution in [0.25, 0.3) is 0 Å². The Morgan fingerprint density at radius 2 is 2.07 bits per heavy atom. The molecule has 0 spiro atoms. The minimum Gasteiger partial charge on any atom is -0.288 e. The number of ketones is 1. The van der Waals surface area contributed by atoms with E-state index in [9.17, 15) is 13.6 Å². The lowest BCUT2D eigenvalue weighted by atomic mass is 10.1. The molecule has 1 aromatic carbocycles. The molecule has 5 heteroatoms. The molecule has 1 nitrogen and oxygen atoms in total. The first-order valence-corrected chi connectivity index (χ1v) is 4.89. The summed E-state index contributed by atoms with van der Waals surface area (Å²) < 4.78 is 24.6. The second-order valence-corrected chi connectivity index (χ2v) is 3.95. The molecule has 1 rings (SSSR count). The number of hydrogen-bond acceptors (Lipinski definition) is 1. The highest BCUT2D eigenvalue weighted by Gasteiger charge is 2.23. The van der Waals surface area contributed by atoms with Crippen LogP contribution in [0.3, 0.4) is 0 Å². The maximum absolute atomic E-state index is 12.2. The van der Waals surface area contributed by atoms with E-state index in [-0.39, 0.29) is 10.6 Å². The summed E-state index contributed by atoms with van der Waals surface area (Å²) in [5, 5.41) is 0.0738. The molecule has 76 valence electrons. The molecule has 0 N–H and O–H groups in total. The van der Waals surface area contributed by atoms with Gasteiger partial charge in [0.05, 0.1) is 10.6 Å². The molecule has 0 saturated heterocycles. The molecule has 0 heterocycles. The highest BCUT2D eigenvalue weighted by atomic mass is 79.9. The molecule has 0 aliphatic carbocycles. The van der Waals surface area contributed by atoms with E-state index in [2.05, 4.69) is 15.9 Å². The number of carbonyl (C=O) groups is 1. The largest absolute Gasteiger partial charge is 0.300 e. The smallest absolute Gasteiger partial charge is 0.288 e. The van der Waals surface area contributed by atoms with Crippen LogP contribution in [0, 0.1) is 6.92 Å². The molecule has 0 atom stereocenters. The third kappa shape index (κ3) is 2.12. The van der Waals surface area contributed by atoms with Crippen LogP contribution in [-0.4, -0.2) is 12.2 Å². The summed E-state index contributed by atoms with van der Waals surface area (Å²) in [6, 6.07) is 3.17. The minimum absolute atomic E-state index is 0.0738. The zero-order valence-corrected chi connectivity index (χ0v) is 9.49. The fraction of sp³-hybridized carbons (Fsp3) is 0.222. The Bertz CT molecular complexity index is 379. The third-order valence-corrected chi connectivity index (χ3v) is 2.88. The molecule has 0 amide bonds. The van der Waals surface area contributed by atoms with Gasteiger partial charge in [0.1, 0.15) is 0 Å². The normalized spacial score (nSPS) is 10.7. The van der Waals surface area contributed by atoms with Crippen molar-refractivity contribution in [2.75, 3.05) is 0 Å². The van der Waals surface area contributed by atoms with Crippen LogP contribution in [0.2, 0.25) is 5.02 Å². The van der Waals surface area contributed by atoms with Gasteiger partial charge in [-0.3, -0.25) is 4.79 Å². The van der Waals surface area contributed by atoms with E-state index in [4.69, 9.17) is 11.6 Å². The van der Waals surface area contributed by atoms with Gasteiger partial charge in [0.2, 0.25) is 5.78 Å². The van der Waals surface area contributed by atoms with Crippen molar-refractivity contribution in [1.82, 2.24) is 0 Å². The Kier molecular flexibility index (Phi) is 3.61. The molecular formula is C9H6BrClF2O. The zero-order valence-electron chi connectivity index (χ0n) is 7.15. The predicted octanol–water partition coefficient (Wildman–Crippen LogP) is 3.86. The van der Waals surface area contributed by atoms with Gasteiger partial charge in [-0.2, -0.15) is 0 Å². The van der Waals surface area contributed by atoms with Gasteiger partial charge in [0.15, 0.2) is 0 Å². The Morgan fingerprint density at radius 1 is 1.50 bits per heavy atom. The number of carbonyl (C=O) groups excluding carboxylic acids is 1. The Labute approximate surface area is 93.2 Å². The number of hydrogen-bond donors (Lipinski definition) is 0. The summed E-state index contributed by atoms with van der Waals surface area (Å²) in [4.78, 5) is 11.1. The molecule has 0 fully saturated rings. The molecule has 0 aromatic heterocycles. The first kappa shape index (κ1) is 11.6. The maximum atomic E-state index is 12.2. The molecule has 1 aromatic rings. The van der Waals surface area contributed by atoms with E-state index in [1.807, 2.05) is 0 Å². The fourth-order valence-corrected chi connectivity index (χ4v) is 1.89. The van der Waals surface area contributed by atoms with Gasteiger partial charge in [-0.1, -0.05) is 17.7 Å². The quantitative estimate of drug-likeness (QED) is 0.753. The first-order chi connectivity index (χ1) is 6.45. The van der Waals surface area contributed by atoms with Crippen LogP contribution in [0.1, 0.15) is 15.9 Å². The van der Waals surface area contributed by atoms with E-state index >= 15 is 0 Å². The van der Waals surface area contributed by atoms with Crippen LogP contribution in [0.5, 0.6) is 0 Å². The highest BCUT2D eigenvalue weighted by molar-refractivity contribution is 9.10. The van der Waals surface area contributed by atoms with Crippen molar-refractivity contribution in [2.24, 2.45) is 0 Å². The van der Waals surface area contributed by atoms with Gasteiger partial charge >= 0.3 is 6.43 Å². The van der Waals surface area contributed by atoms with Gasteiger partial charge in [0.25, 0.3) is 0 Å². The van der Waals surface area contributed by atoms with E-state index in [0.29, 0.717) is 10.0 Å². The Morgan fingerprint density at radius 3 is 2.57 bits per heavy atom. The molecule has 0 aliphatic rings. The lowest BCUT2D eigenvalue weighted by molar-refractivity contribution is 0.0678. The number of Topliss-reactive ketones (excluding diaryl/α,β-unsaturated/α-hetero) is 1. The second kappa shape index (κ2) is 4.36. The van der Waals surface area contributed by atoms with Gasteiger partial charge in [-0.15, -0.1) is 0 Å². The van der Waals surface area contributed by atoms with Crippen molar-refractivity contribution in [3.63, 3.8) is 0 Å². The van der Waals surface area contributed by atoms with Crippen molar-refractivity contribution in [3.05, 3.63) is 32.8 Å². The lowest BCUT2D eigenvalue weighted by Gasteiger charge is -2.07. The zero-order chi connectivity index (χ0) is 10.9. The van der Waals surface area contributed by atoms with Crippen molar-refractivity contribution in [1.29, 1.82) is 0 Å². The van der Waals surface area contributed by atoms with Crippen LogP contribution >= 0.6 is 27.5 Å². The van der Waals surface area contributed by atoms with Crippen molar-refractivity contribution < 1.29 is 13.6 Å². The second-order valence-electron chi connectivity index (χ2n) is 2.72. The highest BCUT2D eigenvalue weighted by Crippen LogP contribution is 2.29. The van der Waals surface area contributed by atoms with Crippen molar-refractivity contribution in [2.45, 2.75) is 13.3 Å². The molecule has 0 aliphatic heterocycles. The fourth-order valence-electron chi connectivity index (χ4n) is 0.992. The molecular weight excluding hydrogens is 277 g/mol. The van der Waals surface area contributed by atoms with Crippen LogP contribution in [0.15, 0.2) is 16.6 Å². The number of halogens is 4. The number of rotatable bonds is 2. The molecule has 0 bridgehead atoms. The van der Waals surface area contributed by atoms with Gasteiger partial charge < -0.3 is 0 Å². The molecule has 14 heavy (non-hydrogen) atoms. The molecule has 0 saturated carbocycles. The first-order valence-electron chi connectivity index (χ1n) is 3.72. The summed E-state index contributed by atoms with van der Waals surface area (Å²) in [7, 11) is 0. The monoisotopic (exact) mass is 282 g/mol. The summed E-state index contributed by atoms with van der Waals surface area (Å²) in [6.45, 7) is 1.65. The van der Waals surface area contributed by atoms with E-state index in [0.717, 1.165) is 0 Å². The standard InChI is InChI=1S/C9H6BrClF2O/c1-4-2-3-5(10)6(7(4)11)8(14)9(12)13/h2-3,9H,1H3. The average Bonchev–Trinajstić information content (AvgIpc) is 2.12. The van der Waals surface area contributed by atoms with Crippen molar-refractivity contribution >= 4 is 33.3 Å². The van der Waals surface area contributed by atoms with Crippen LogP contribution < -0.4 is 0 Å². The van der Waals surface area contributed by atoms with E-state index < -0.39 is 12.2 Å². The Hall–Kier alpha value is -0.480. The molecule has 0 unspecified atom stereocenters.